The highest BCUT2D eigenvalue weighted by atomic mass is 28.3. The quantitative estimate of drug-likeness (QED) is 0.166. The number of anilines is 4. The summed E-state index contributed by atoms with van der Waals surface area (Å²) in [4.78, 5) is 9.83. The first-order chi connectivity index (χ1) is 24.5. The summed E-state index contributed by atoms with van der Waals surface area (Å²) in [7, 11) is -2.15. The third kappa shape index (κ3) is 4.93. The fourth-order valence-corrected chi connectivity index (χ4v) is 10.0. The molecule has 242 valence electrons. The third-order valence-corrected chi connectivity index (χ3v) is 14.0. The van der Waals surface area contributed by atoms with Crippen LogP contribution in [0, 0.1) is 6.92 Å². The number of benzene rings is 6. The van der Waals surface area contributed by atoms with Gasteiger partial charge in [0.1, 0.15) is 20.6 Å². The van der Waals surface area contributed by atoms with Crippen molar-refractivity contribution in [3.05, 3.63) is 169 Å². The number of rotatable bonds is 6. The monoisotopic (exact) mass is 662 g/mol. The summed E-state index contributed by atoms with van der Waals surface area (Å²) in [5.74, 6) is 0.932. The molecule has 0 bridgehead atoms. The van der Waals surface area contributed by atoms with Gasteiger partial charge in [-0.15, -0.1) is 0 Å². The Balaban J connectivity index is 1.13. The average molecular weight is 663 g/mol. The number of para-hydroxylation sites is 4. The molecule has 6 aromatic carbocycles. The zero-order valence-electron chi connectivity index (χ0n) is 28.6. The number of nitrogens with zero attached hydrogens (tertiary/aromatic N) is 4. The fourth-order valence-electron chi connectivity index (χ4n) is 7.69. The maximum absolute atomic E-state index is 4.93. The third-order valence-electron chi connectivity index (χ3n) is 10.5. The van der Waals surface area contributed by atoms with Gasteiger partial charge in [0.2, 0.25) is 0 Å². The van der Waals surface area contributed by atoms with Gasteiger partial charge in [0, 0.05) is 28.3 Å². The number of pyridine rings is 1. The molecule has 0 saturated carbocycles. The Labute approximate surface area is 294 Å². The van der Waals surface area contributed by atoms with E-state index in [4.69, 9.17) is 4.98 Å². The van der Waals surface area contributed by atoms with Crippen LogP contribution in [0.2, 0.25) is 13.1 Å². The molecule has 0 fully saturated rings. The van der Waals surface area contributed by atoms with Crippen LogP contribution in [0.5, 0.6) is 0 Å². The molecule has 0 spiro atoms. The lowest BCUT2D eigenvalue weighted by Crippen LogP contribution is -2.53. The maximum atomic E-state index is 4.93. The standard InChI is InChI=1S/C45H38N4Si/c1-32-14-7-9-20-40(32)48-31-47(42-22-11-12-23-43(42)48)35-17-13-18-36(29-35)50(2,3)37-24-25-39-38-19-8-10-21-41(38)49(44(39)30-37)45-28-34(26-27-46-45)33-15-5-4-6-16-33/h4-30H,31H2,1-3H3. The highest BCUT2D eigenvalue weighted by Crippen LogP contribution is 2.44. The summed E-state index contributed by atoms with van der Waals surface area (Å²) in [6.45, 7) is 7.93. The van der Waals surface area contributed by atoms with E-state index >= 15 is 0 Å². The molecule has 1 aliphatic rings. The van der Waals surface area contributed by atoms with E-state index in [0.29, 0.717) is 0 Å². The van der Waals surface area contributed by atoms with Crippen molar-refractivity contribution in [3.8, 4) is 16.9 Å². The molecule has 9 rings (SSSR count). The Kier molecular flexibility index (Phi) is 7.18. The Morgan fingerprint density at radius 1 is 0.520 bits per heavy atom. The van der Waals surface area contributed by atoms with Crippen LogP contribution in [0.1, 0.15) is 5.56 Å². The second kappa shape index (κ2) is 11.9. The smallest absolute Gasteiger partial charge is 0.138 e. The van der Waals surface area contributed by atoms with Gasteiger partial charge in [-0.1, -0.05) is 127 Å². The Bertz CT molecular complexity index is 2530. The SMILES string of the molecule is Cc1ccccc1N1CN(c2cccc([Si](C)(C)c3ccc4c5ccccc5n(-c5cc(-c6ccccc6)ccn5)c4c3)c2)c2ccccc21. The lowest BCUT2D eigenvalue weighted by atomic mass is 10.1. The maximum Gasteiger partial charge on any atom is 0.138 e. The zero-order chi connectivity index (χ0) is 33.8. The highest BCUT2D eigenvalue weighted by Gasteiger charge is 2.31. The predicted molar refractivity (Wildman–Crippen MR) is 214 cm³/mol. The largest absolute Gasteiger partial charge is 0.321 e. The molecule has 0 N–H and O–H groups in total. The van der Waals surface area contributed by atoms with Crippen molar-refractivity contribution >= 4 is 63.0 Å². The van der Waals surface area contributed by atoms with Crippen molar-refractivity contribution in [1.29, 1.82) is 0 Å². The molecule has 50 heavy (non-hydrogen) atoms. The second-order valence-electron chi connectivity index (χ2n) is 13.8. The van der Waals surface area contributed by atoms with Crippen molar-refractivity contribution in [2.24, 2.45) is 0 Å². The molecule has 0 saturated heterocycles. The average Bonchev–Trinajstić information content (AvgIpc) is 3.72. The highest BCUT2D eigenvalue weighted by molar-refractivity contribution is 7.00. The normalized spacial score (nSPS) is 12.9. The van der Waals surface area contributed by atoms with E-state index in [1.807, 2.05) is 6.20 Å². The molecule has 0 aliphatic carbocycles. The summed E-state index contributed by atoms with van der Waals surface area (Å²) in [5.41, 5.74) is 11.0. The van der Waals surface area contributed by atoms with Crippen LogP contribution in [0.3, 0.4) is 0 Å². The van der Waals surface area contributed by atoms with Crippen molar-refractivity contribution in [3.63, 3.8) is 0 Å². The molecule has 0 radical (unpaired) electrons. The minimum Gasteiger partial charge on any atom is -0.321 e. The second-order valence-corrected chi connectivity index (χ2v) is 18.2. The number of aryl methyl sites for hydroxylation is 1. The minimum absolute atomic E-state index is 0.775. The first kappa shape index (κ1) is 30.2. The molecule has 0 atom stereocenters. The predicted octanol–water partition coefficient (Wildman–Crippen LogP) is 10.2. The van der Waals surface area contributed by atoms with Gasteiger partial charge >= 0.3 is 0 Å². The van der Waals surface area contributed by atoms with Crippen LogP contribution >= 0.6 is 0 Å². The minimum atomic E-state index is -2.15. The van der Waals surface area contributed by atoms with Crippen LogP contribution in [0.25, 0.3) is 38.8 Å². The van der Waals surface area contributed by atoms with E-state index in [0.717, 1.165) is 18.1 Å². The van der Waals surface area contributed by atoms with Crippen LogP contribution in [-0.2, 0) is 0 Å². The number of hydrogen-bond acceptors (Lipinski definition) is 3. The van der Waals surface area contributed by atoms with Gasteiger partial charge < -0.3 is 9.80 Å². The first-order valence-corrected chi connectivity index (χ1v) is 20.3. The molecule has 1 aliphatic heterocycles. The van der Waals surface area contributed by atoms with Crippen molar-refractivity contribution in [2.75, 3.05) is 16.5 Å². The summed E-state index contributed by atoms with van der Waals surface area (Å²) in [5, 5.41) is 5.30. The Hall–Kier alpha value is -5.91. The fraction of sp³-hybridized carbons (Fsp3) is 0.0889. The summed E-state index contributed by atoms with van der Waals surface area (Å²) in [6.07, 6.45) is 1.93. The lowest BCUT2D eigenvalue weighted by molar-refractivity contribution is 0.986. The summed E-state index contributed by atoms with van der Waals surface area (Å²) in [6, 6.07) is 57.4. The zero-order valence-corrected chi connectivity index (χ0v) is 29.6. The summed E-state index contributed by atoms with van der Waals surface area (Å²) >= 11 is 0. The van der Waals surface area contributed by atoms with Gasteiger partial charge in [-0.05, 0) is 78.2 Å². The van der Waals surface area contributed by atoms with Gasteiger partial charge in [0.25, 0.3) is 0 Å². The molecule has 8 aromatic rings. The number of aromatic nitrogens is 2. The van der Waals surface area contributed by atoms with Crippen molar-refractivity contribution in [1.82, 2.24) is 9.55 Å². The van der Waals surface area contributed by atoms with Gasteiger partial charge in [-0.2, -0.15) is 0 Å². The van der Waals surface area contributed by atoms with Crippen LogP contribution < -0.4 is 20.2 Å². The lowest BCUT2D eigenvalue weighted by Gasteiger charge is -2.27. The topological polar surface area (TPSA) is 24.3 Å². The number of hydrogen-bond donors (Lipinski definition) is 0. The van der Waals surface area contributed by atoms with Crippen LogP contribution in [0.15, 0.2) is 164 Å². The van der Waals surface area contributed by atoms with Gasteiger partial charge in [0.15, 0.2) is 0 Å². The molecule has 3 heterocycles. The van der Waals surface area contributed by atoms with E-state index in [2.05, 4.69) is 192 Å². The van der Waals surface area contributed by atoms with Gasteiger partial charge in [-0.25, -0.2) is 4.98 Å². The van der Waals surface area contributed by atoms with Crippen LogP contribution in [-0.4, -0.2) is 24.3 Å². The van der Waals surface area contributed by atoms with E-state index in [1.54, 1.807) is 0 Å². The molecule has 2 aromatic heterocycles. The van der Waals surface area contributed by atoms with E-state index < -0.39 is 8.07 Å². The van der Waals surface area contributed by atoms with E-state index in [9.17, 15) is 0 Å². The van der Waals surface area contributed by atoms with Gasteiger partial charge in [-0.3, -0.25) is 4.57 Å². The van der Waals surface area contributed by atoms with E-state index in [-0.39, 0.29) is 0 Å². The Morgan fingerprint density at radius 3 is 2.02 bits per heavy atom. The van der Waals surface area contributed by atoms with E-state index in [1.165, 1.54) is 66.1 Å². The molecular weight excluding hydrogens is 625 g/mol. The first-order valence-electron chi connectivity index (χ1n) is 17.3. The van der Waals surface area contributed by atoms with Gasteiger partial charge in [0.05, 0.1) is 22.4 Å². The summed E-state index contributed by atoms with van der Waals surface area (Å²) < 4.78 is 2.35. The molecule has 5 heteroatoms. The molecule has 4 nitrogen and oxygen atoms in total. The van der Waals surface area contributed by atoms with Crippen molar-refractivity contribution < 1.29 is 0 Å². The molecule has 0 unspecified atom stereocenters. The molecule has 0 amide bonds. The molecular formula is C45H38N4Si. The Morgan fingerprint density at radius 2 is 1.20 bits per heavy atom. The number of fused-ring (bicyclic) bond motifs is 4. The van der Waals surface area contributed by atoms with Crippen LogP contribution in [0.4, 0.5) is 22.7 Å². The van der Waals surface area contributed by atoms with Crippen molar-refractivity contribution in [2.45, 2.75) is 20.0 Å².